The van der Waals surface area contributed by atoms with Crippen molar-refractivity contribution in [3.05, 3.63) is 51.7 Å². The van der Waals surface area contributed by atoms with Crippen LogP contribution < -0.4 is 5.32 Å². The average molecular weight is 383 g/mol. The van der Waals surface area contributed by atoms with Gasteiger partial charge in [-0.25, -0.2) is 8.78 Å². The van der Waals surface area contributed by atoms with Crippen LogP contribution >= 0.6 is 36.2 Å². The average Bonchev–Trinajstić information content (AvgIpc) is 2.97. The summed E-state index contributed by atoms with van der Waals surface area (Å²) < 4.78 is 27.5. The third kappa shape index (κ3) is 4.33. The summed E-state index contributed by atoms with van der Waals surface area (Å²) in [5.41, 5.74) is 0.153. The Morgan fingerprint density at radius 1 is 1.17 bits per heavy atom. The highest BCUT2D eigenvalue weighted by molar-refractivity contribution is 7.10. The first-order chi connectivity index (χ1) is 10.2. The van der Waals surface area contributed by atoms with Gasteiger partial charge >= 0.3 is 0 Å². The Morgan fingerprint density at radius 3 is 2.43 bits per heavy atom. The molecule has 2 aromatic rings. The largest absolute Gasteiger partial charge is 0.507 e. The van der Waals surface area contributed by atoms with Crippen molar-refractivity contribution >= 4 is 36.2 Å². The molecule has 1 aliphatic rings. The Bertz CT molecular complexity index is 599. The van der Waals surface area contributed by atoms with Gasteiger partial charge in [-0.15, -0.1) is 36.2 Å². The molecule has 2 heterocycles. The summed E-state index contributed by atoms with van der Waals surface area (Å²) in [4.78, 5) is 3.05. The van der Waals surface area contributed by atoms with E-state index < -0.39 is 11.6 Å². The molecule has 1 aromatic heterocycles. The number of nitrogens with zero attached hydrogens (tertiary/aromatic N) is 1. The molecule has 3 rings (SSSR count). The van der Waals surface area contributed by atoms with Crippen LogP contribution in [0, 0.1) is 11.6 Å². The van der Waals surface area contributed by atoms with E-state index in [1.165, 1.54) is 11.3 Å². The highest BCUT2D eigenvalue weighted by Gasteiger charge is 2.29. The molecular formula is C15H18Cl2F2N2OS. The summed E-state index contributed by atoms with van der Waals surface area (Å²) in [6, 6.07) is 5.24. The predicted octanol–water partition coefficient (Wildman–Crippen LogP) is 3.57. The number of phenols is 1. The van der Waals surface area contributed by atoms with Crippen LogP contribution in [0.1, 0.15) is 16.5 Å². The molecule has 3 nitrogen and oxygen atoms in total. The second-order valence-electron chi connectivity index (χ2n) is 5.02. The lowest BCUT2D eigenvalue weighted by atomic mass is 10.0. The van der Waals surface area contributed by atoms with Gasteiger partial charge in [0, 0.05) is 43.2 Å². The lowest BCUT2D eigenvalue weighted by molar-refractivity contribution is 0.194. The monoisotopic (exact) mass is 382 g/mol. The summed E-state index contributed by atoms with van der Waals surface area (Å²) in [5, 5.41) is 15.2. The van der Waals surface area contributed by atoms with Gasteiger partial charge in [0.25, 0.3) is 0 Å². The number of rotatable bonds is 3. The van der Waals surface area contributed by atoms with Crippen molar-refractivity contribution in [3.8, 4) is 5.75 Å². The summed E-state index contributed by atoms with van der Waals surface area (Å²) in [6.45, 7) is 3.12. The summed E-state index contributed by atoms with van der Waals surface area (Å²) in [7, 11) is 0. The molecule has 0 spiro atoms. The van der Waals surface area contributed by atoms with Crippen molar-refractivity contribution in [1.82, 2.24) is 10.2 Å². The van der Waals surface area contributed by atoms with E-state index in [0.29, 0.717) is 0 Å². The Kier molecular flexibility index (Phi) is 7.70. The maximum absolute atomic E-state index is 14.3. The molecule has 1 aliphatic heterocycles. The van der Waals surface area contributed by atoms with E-state index in [1.54, 1.807) is 0 Å². The van der Waals surface area contributed by atoms with Crippen LogP contribution in [0.3, 0.4) is 0 Å². The molecule has 0 saturated carbocycles. The number of piperazine rings is 1. The molecule has 0 radical (unpaired) electrons. The molecule has 0 amide bonds. The fourth-order valence-corrected chi connectivity index (χ4v) is 3.60. The van der Waals surface area contributed by atoms with Gasteiger partial charge in [-0.05, 0) is 11.4 Å². The van der Waals surface area contributed by atoms with Gasteiger partial charge in [0.2, 0.25) is 0 Å². The topological polar surface area (TPSA) is 35.5 Å². The molecule has 1 aromatic carbocycles. The molecule has 1 fully saturated rings. The summed E-state index contributed by atoms with van der Waals surface area (Å²) in [6.07, 6.45) is 0. The Hall–Kier alpha value is -0.920. The Labute approximate surface area is 150 Å². The predicted molar refractivity (Wildman–Crippen MR) is 93.1 cm³/mol. The number of thiophene rings is 1. The maximum Gasteiger partial charge on any atom is 0.134 e. The van der Waals surface area contributed by atoms with Gasteiger partial charge in [0.1, 0.15) is 17.4 Å². The minimum absolute atomic E-state index is 0. The van der Waals surface area contributed by atoms with Crippen LogP contribution in [0.4, 0.5) is 8.78 Å². The fourth-order valence-electron chi connectivity index (χ4n) is 2.73. The molecule has 128 valence electrons. The second kappa shape index (κ2) is 8.80. The summed E-state index contributed by atoms with van der Waals surface area (Å²) >= 11 is 1.51. The highest BCUT2D eigenvalue weighted by Crippen LogP contribution is 2.38. The Balaban J connectivity index is 0.00000132. The summed E-state index contributed by atoms with van der Waals surface area (Å²) in [5.74, 6) is -1.80. The quantitative estimate of drug-likeness (QED) is 0.851. The first kappa shape index (κ1) is 20.1. The SMILES string of the molecule is Cl.Cl.Oc1cc(F)cc(F)c1[C@@H](c1cccs1)N1CCNCC1. The minimum Gasteiger partial charge on any atom is -0.507 e. The fraction of sp³-hybridized carbons (Fsp3) is 0.333. The first-order valence-corrected chi connectivity index (χ1v) is 7.71. The van der Waals surface area contributed by atoms with E-state index >= 15 is 0 Å². The van der Waals surface area contributed by atoms with E-state index in [-0.39, 0.29) is 42.2 Å². The van der Waals surface area contributed by atoms with Crippen LogP contribution in [-0.4, -0.2) is 36.2 Å². The van der Waals surface area contributed by atoms with E-state index in [4.69, 9.17) is 0 Å². The van der Waals surface area contributed by atoms with E-state index in [2.05, 4.69) is 10.2 Å². The molecule has 0 unspecified atom stereocenters. The molecule has 8 heteroatoms. The first-order valence-electron chi connectivity index (χ1n) is 6.83. The van der Waals surface area contributed by atoms with Crippen molar-refractivity contribution in [3.63, 3.8) is 0 Å². The number of phenolic OH excluding ortho intramolecular Hbond substituents is 1. The second-order valence-corrected chi connectivity index (χ2v) is 6.00. The Morgan fingerprint density at radius 2 is 1.87 bits per heavy atom. The number of hydrogen-bond acceptors (Lipinski definition) is 4. The van der Waals surface area contributed by atoms with Gasteiger partial charge in [-0.3, -0.25) is 4.90 Å². The molecule has 2 N–H and O–H groups in total. The van der Waals surface area contributed by atoms with Gasteiger partial charge in [0.05, 0.1) is 11.6 Å². The number of nitrogens with one attached hydrogen (secondary N) is 1. The van der Waals surface area contributed by atoms with E-state index in [9.17, 15) is 13.9 Å². The van der Waals surface area contributed by atoms with Crippen LogP contribution in [0.5, 0.6) is 5.75 Å². The van der Waals surface area contributed by atoms with E-state index in [1.807, 2.05) is 17.5 Å². The lowest BCUT2D eigenvalue weighted by Gasteiger charge is -2.35. The van der Waals surface area contributed by atoms with Crippen molar-refractivity contribution in [2.45, 2.75) is 6.04 Å². The van der Waals surface area contributed by atoms with Crippen molar-refractivity contribution < 1.29 is 13.9 Å². The molecule has 1 saturated heterocycles. The highest BCUT2D eigenvalue weighted by atomic mass is 35.5. The normalized spacial score (nSPS) is 16.3. The lowest BCUT2D eigenvalue weighted by Crippen LogP contribution is -2.45. The van der Waals surface area contributed by atoms with Crippen molar-refractivity contribution in [1.29, 1.82) is 0 Å². The molecule has 0 aliphatic carbocycles. The zero-order chi connectivity index (χ0) is 14.8. The van der Waals surface area contributed by atoms with Crippen LogP contribution in [-0.2, 0) is 0 Å². The van der Waals surface area contributed by atoms with Gasteiger partial charge in [-0.1, -0.05) is 6.07 Å². The minimum atomic E-state index is -0.765. The third-order valence-electron chi connectivity index (χ3n) is 3.68. The maximum atomic E-state index is 14.3. The van der Waals surface area contributed by atoms with Crippen LogP contribution in [0.15, 0.2) is 29.6 Å². The smallest absolute Gasteiger partial charge is 0.134 e. The standard InChI is InChI=1S/C15H16F2N2OS.2ClH/c16-10-8-11(17)14(12(20)9-10)15(13-2-1-7-21-13)19-5-3-18-4-6-19;;/h1-2,7-9,15,18,20H,3-6H2;2*1H/t15-;;/m1../s1. The zero-order valence-corrected chi connectivity index (χ0v) is 14.6. The van der Waals surface area contributed by atoms with E-state index in [0.717, 1.165) is 43.2 Å². The van der Waals surface area contributed by atoms with Gasteiger partial charge < -0.3 is 10.4 Å². The van der Waals surface area contributed by atoms with Crippen LogP contribution in [0.2, 0.25) is 0 Å². The van der Waals surface area contributed by atoms with Gasteiger partial charge in [-0.2, -0.15) is 0 Å². The molecule has 23 heavy (non-hydrogen) atoms. The number of halogens is 4. The van der Waals surface area contributed by atoms with Crippen LogP contribution in [0.25, 0.3) is 0 Å². The molecule has 0 bridgehead atoms. The molecular weight excluding hydrogens is 365 g/mol. The number of benzene rings is 1. The van der Waals surface area contributed by atoms with Crippen molar-refractivity contribution in [2.24, 2.45) is 0 Å². The number of aromatic hydroxyl groups is 1. The number of hydrogen-bond donors (Lipinski definition) is 2. The van der Waals surface area contributed by atoms with Gasteiger partial charge in [0.15, 0.2) is 0 Å². The molecule has 1 atom stereocenters. The van der Waals surface area contributed by atoms with Crippen molar-refractivity contribution in [2.75, 3.05) is 26.2 Å². The third-order valence-corrected chi connectivity index (χ3v) is 4.60. The zero-order valence-electron chi connectivity index (χ0n) is 12.2.